The van der Waals surface area contributed by atoms with Crippen LogP contribution in [0.2, 0.25) is 0 Å². The fourth-order valence-electron chi connectivity index (χ4n) is 1.30. The quantitative estimate of drug-likeness (QED) is 0.684. The largest absolute Gasteiger partial charge is 0.407 e. The molecule has 0 fully saturated rings. The third kappa shape index (κ3) is 6.91. The van der Waals surface area contributed by atoms with Crippen LogP contribution in [0.3, 0.4) is 0 Å². The van der Waals surface area contributed by atoms with Gasteiger partial charge in [0.15, 0.2) is 0 Å². The molecule has 0 aliphatic heterocycles. The summed E-state index contributed by atoms with van der Waals surface area (Å²) in [5.41, 5.74) is 6.25. The Balaban J connectivity index is 0.00000172. The van der Waals surface area contributed by atoms with Crippen LogP contribution >= 0.6 is 0 Å². The molecule has 0 aromatic carbocycles. The lowest BCUT2D eigenvalue weighted by atomic mass is 10.1. The summed E-state index contributed by atoms with van der Waals surface area (Å²) < 4.78 is 36.2. The summed E-state index contributed by atoms with van der Waals surface area (Å²) in [6, 6.07) is 0. The van der Waals surface area contributed by atoms with Gasteiger partial charge in [0.25, 0.3) is 0 Å². The maximum Gasteiger partial charge on any atom is 0.407 e. The van der Waals surface area contributed by atoms with Gasteiger partial charge in [-0.1, -0.05) is 20.8 Å². The average molecular weight is 291 g/mol. The normalized spacial score (nSPS) is 12.8. The van der Waals surface area contributed by atoms with Crippen molar-refractivity contribution in [1.82, 2.24) is 15.0 Å². The highest BCUT2D eigenvalue weighted by Gasteiger charge is 2.28. The second-order valence-corrected chi connectivity index (χ2v) is 3.85. The lowest BCUT2D eigenvalue weighted by Crippen LogP contribution is -2.27. The van der Waals surface area contributed by atoms with Gasteiger partial charge in [0.05, 0.1) is 0 Å². The summed E-state index contributed by atoms with van der Waals surface area (Å²) in [4.78, 5) is 7.60. The van der Waals surface area contributed by atoms with Crippen molar-refractivity contribution in [2.45, 2.75) is 32.9 Å². The average Bonchev–Trinajstić information content (AvgIpc) is 2.37. The van der Waals surface area contributed by atoms with Crippen LogP contribution in [0.15, 0.2) is 17.6 Å². The first-order valence-electron chi connectivity index (χ1n) is 6.17. The molecular formula is C12H20F3N5. The standard InChI is InChI=1S/C10H14F3N5.C2H6/c1-7(8-4-15-6-16-9(8)14)3-17-18(2)5-10(11,12)13;1-2/h3-4,6-7H,5H2,1-2H3,(H2,14,15,16);1-2H3/b17-3+;. The van der Waals surface area contributed by atoms with Gasteiger partial charge in [0.1, 0.15) is 18.7 Å². The predicted octanol–water partition coefficient (Wildman–Crippen LogP) is 2.67. The van der Waals surface area contributed by atoms with Gasteiger partial charge in [-0.25, -0.2) is 9.97 Å². The molecule has 8 heteroatoms. The van der Waals surface area contributed by atoms with E-state index >= 15 is 0 Å². The summed E-state index contributed by atoms with van der Waals surface area (Å²) >= 11 is 0. The molecule has 0 aliphatic carbocycles. The van der Waals surface area contributed by atoms with Crippen molar-refractivity contribution < 1.29 is 13.2 Å². The Morgan fingerprint density at radius 1 is 1.45 bits per heavy atom. The molecule has 0 bridgehead atoms. The number of nitrogens with zero attached hydrogens (tertiary/aromatic N) is 4. The van der Waals surface area contributed by atoms with Crippen LogP contribution in [0.25, 0.3) is 0 Å². The van der Waals surface area contributed by atoms with Crippen LogP contribution in [0.4, 0.5) is 19.0 Å². The van der Waals surface area contributed by atoms with Gasteiger partial charge in [-0.05, 0) is 0 Å². The van der Waals surface area contributed by atoms with Crippen LogP contribution in [0.5, 0.6) is 0 Å². The number of aromatic nitrogens is 2. The molecule has 5 nitrogen and oxygen atoms in total. The minimum absolute atomic E-state index is 0.262. The molecule has 1 heterocycles. The first-order chi connectivity index (χ1) is 9.29. The van der Waals surface area contributed by atoms with E-state index in [0.29, 0.717) is 11.4 Å². The monoisotopic (exact) mass is 291 g/mol. The summed E-state index contributed by atoms with van der Waals surface area (Å²) in [5, 5.41) is 4.52. The zero-order valence-electron chi connectivity index (χ0n) is 12.0. The molecule has 0 spiro atoms. The Bertz CT molecular complexity index is 420. The molecule has 1 aromatic rings. The van der Waals surface area contributed by atoms with Crippen LogP contribution in [0.1, 0.15) is 32.3 Å². The topological polar surface area (TPSA) is 67.4 Å². The Kier molecular flexibility index (Phi) is 7.56. The molecule has 0 radical (unpaired) electrons. The van der Waals surface area contributed by atoms with Crippen LogP contribution in [0, 0.1) is 0 Å². The maximum absolute atomic E-state index is 12.1. The number of rotatable bonds is 4. The molecule has 1 rings (SSSR count). The van der Waals surface area contributed by atoms with Crippen molar-refractivity contribution in [2.24, 2.45) is 5.10 Å². The van der Waals surface area contributed by atoms with Gasteiger partial charge in [0.2, 0.25) is 0 Å². The van der Waals surface area contributed by atoms with E-state index in [-0.39, 0.29) is 5.92 Å². The minimum atomic E-state index is -4.27. The lowest BCUT2D eigenvalue weighted by Gasteiger charge is -2.16. The minimum Gasteiger partial charge on any atom is -0.383 e. The highest BCUT2D eigenvalue weighted by Crippen LogP contribution is 2.18. The molecule has 0 saturated carbocycles. The summed E-state index contributed by atoms with van der Waals surface area (Å²) in [6.45, 7) is 4.65. The number of nitrogens with two attached hydrogens (primary N) is 1. The van der Waals surface area contributed by atoms with E-state index in [1.165, 1.54) is 25.8 Å². The molecule has 1 unspecified atom stereocenters. The predicted molar refractivity (Wildman–Crippen MR) is 73.4 cm³/mol. The van der Waals surface area contributed by atoms with Crippen molar-refractivity contribution in [3.8, 4) is 0 Å². The van der Waals surface area contributed by atoms with Crippen LogP contribution < -0.4 is 5.73 Å². The summed E-state index contributed by atoms with van der Waals surface area (Å²) in [6.07, 6.45) is -0.0771. The van der Waals surface area contributed by atoms with Gasteiger partial charge < -0.3 is 5.73 Å². The van der Waals surface area contributed by atoms with Crippen LogP contribution in [-0.4, -0.2) is 41.0 Å². The first kappa shape index (κ1) is 18.1. The van der Waals surface area contributed by atoms with E-state index in [4.69, 9.17) is 5.73 Å². The zero-order valence-corrected chi connectivity index (χ0v) is 12.0. The second kappa shape index (κ2) is 8.34. The molecule has 0 aliphatic rings. The van der Waals surface area contributed by atoms with E-state index < -0.39 is 12.7 Å². The number of hydrazone groups is 1. The van der Waals surface area contributed by atoms with E-state index in [2.05, 4.69) is 15.1 Å². The van der Waals surface area contributed by atoms with E-state index in [1.54, 1.807) is 6.92 Å². The molecule has 1 aromatic heterocycles. The van der Waals surface area contributed by atoms with Gasteiger partial charge in [-0.3, -0.25) is 5.01 Å². The first-order valence-corrected chi connectivity index (χ1v) is 6.17. The third-order valence-electron chi connectivity index (χ3n) is 2.16. The number of halogens is 3. The number of alkyl halides is 3. The highest BCUT2D eigenvalue weighted by atomic mass is 19.4. The fourth-order valence-corrected chi connectivity index (χ4v) is 1.30. The van der Waals surface area contributed by atoms with E-state index in [9.17, 15) is 13.2 Å². The molecule has 2 N–H and O–H groups in total. The SMILES string of the molecule is CC.CC(/C=N/N(C)CC(F)(F)F)c1cncnc1N. The lowest BCUT2D eigenvalue weighted by molar-refractivity contribution is -0.142. The van der Waals surface area contributed by atoms with Gasteiger partial charge >= 0.3 is 6.18 Å². The van der Waals surface area contributed by atoms with Crippen molar-refractivity contribution in [3.05, 3.63) is 18.1 Å². The highest BCUT2D eigenvalue weighted by molar-refractivity contribution is 5.69. The Labute approximate surface area is 116 Å². The van der Waals surface area contributed by atoms with Crippen molar-refractivity contribution in [1.29, 1.82) is 0 Å². The Morgan fingerprint density at radius 2 is 2.05 bits per heavy atom. The van der Waals surface area contributed by atoms with Gasteiger partial charge in [0, 0.05) is 30.9 Å². The second-order valence-electron chi connectivity index (χ2n) is 3.85. The molecule has 1 atom stereocenters. The number of hydrogen-bond acceptors (Lipinski definition) is 5. The van der Waals surface area contributed by atoms with Gasteiger partial charge in [-0.2, -0.15) is 18.3 Å². The Hall–Kier alpha value is -1.86. The molecule has 114 valence electrons. The van der Waals surface area contributed by atoms with E-state index in [1.807, 2.05) is 13.8 Å². The smallest absolute Gasteiger partial charge is 0.383 e. The van der Waals surface area contributed by atoms with Crippen molar-refractivity contribution in [3.63, 3.8) is 0 Å². The third-order valence-corrected chi connectivity index (χ3v) is 2.16. The summed E-state index contributed by atoms with van der Waals surface area (Å²) in [7, 11) is 1.25. The molecular weight excluding hydrogens is 271 g/mol. The van der Waals surface area contributed by atoms with Crippen molar-refractivity contribution in [2.75, 3.05) is 19.3 Å². The number of nitrogen functional groups attached to an aromatic ring is 1. The maximum atomic E-state index is 12.1. The molecule has 20 heavy (non-hydrogen) atoms. The van der Waals surface area contributed by atoms with Crippen LogP contribution in [-0.2, 0) is 0 Å². The Morgan fingerprint density at radius 3 is 2.55 bits per heavy atom. The van der Waals surface area contributed by atoms with Gasteiger partial charge in [-0.15, -0.1) is 0 Å². The zero-order chi connectivity index (χ0) is 15.8. The number of hydrogen-bond donors (Lipinski definition) is 1. The fraction of sp³-hybridized carbons (Fsp3) is 0.583. The van der Waals surface area contributed by atoms with E-state index in [0.717, 1.165) is 5.01 Å². The summed E-state index contributed by atoms with van der Waals surface area (Å²) in [5.74, 6) is 0.0318. The number of anilines is 1. The molecule has 0 saturated heterocycles. The van der Waals surface area contributed by atoms with Crippen molar-refractivity contribution >= 4 is 12.0 Å². The molecule has 0 amide bonds.